The van der Waals surface area contributed by atoms with Gasteiger partial charge in [0.05, 0.1) is 11.2 Å². The predicted octanol–water partition coefficient (Wildman–Crippen LogP) is 3.64. The maximum Gasteiger partial charge on any atom is 0.498 e. The molecule has 4 rings (SSSR count). The van der Waals surface area contributed by atoms with Gasteiger partial charge in [0.1, 0.15) is 0 Å². The highest BCUT2D eigenvalue weighted by Crippen LogP contribution is 2.42. The molecule has 0 atom stereocenters. The van der Waals surface area contributed by atoms with E-state index in [1.807, 2.05) is 6.20 Å². The average molecular weight is 330 g/mol. The fourth-order valence-electron chi connectivity index (χ4n) is 4.12. The molecule has 0 amide bonds. The first-order valence-electron chi connectivity index (χ1n) is 9.78. The molecule has 0 bridgehead atoms. The average Bonchev–Trinajstić information content (AvgIpc) is 3.23. The summed E-state index contributed by atoms with van der Waals surface area (Å²) < 4.78 is 14.9. The van der Waals surface area contributed by atoms with Crippen molar-refractivity contribution >= 4 is 12.6 Å². The minimum absolute atomic E-state index is 0.272. The summed E-state index contributed by atoms with van der Waals surface area (Å²) in [5.74, 6) is 1.45. The van der Waals surface area contributed by atoms with Gasteiger partial charge in [0.2, 0.25) is 0 Å². The van der Waals surface area contributed by atoms with Gasteiger partial charge in [-0.3, -0.25) is 4.68 Å². The van der Waals surface area contributed by atoms with Crippen LogP contribution in [0.5, 0.6) is 0 Å². The lowest BCUT2D eigenvalue weighted by molar-refractivity contribution is 0.00578. The quantitative estimate of drug-likeness (QED) is 0.791. The molecule has 0 radical (unpaired) electrons. The minimum Gasteiger partial charge on any atom is -0.399 e. The first-order valence-corrected chi connectivity index (χ1v) is 9.78. The fourth-order valence-corrected chi connectivity index (χ4v) is 4.12. The van der Waals surface area contributed by atoms with Crippen LogP contribution in [0.25, 0.3) is 0 Å². The zero-order chi connectivity index (χ0) is 16.9. The van der Waals surface area contributed by atoms with Crippen LogP contribution in [-0.2, 0) is 15.9 Å². The molecule has 2 saturated carbocycles. The van der Waals surface area contributed by atoms with E-state index in [1.165, 1.54) is 56.1 Å². The zero-order valence-corrected chi connectivity index (χ0v) is 15.7. The van der Waals surface area contributed by atoms with E-state index >= 15 is 0 Å². The Labute approximate surface area is 146 Å². The van der Waals surface area contributed by atoms with Crippen molar-refractivity contribution in [3.63, 3.8) is 0 Å². The summed E-state index contributed by atoms with van der Waals surface area (Å²) in [6.45, 7) is 9.56. The summed E-state index contributed by atoms with van der Waals surface area (Å²) in [5, 5.41) is 4.77. The Kier molecular flexibility index (Phi) is 4.08. The monoisotopic (exact) mass is 330 g/mol. The van der Waals surface area contributed by atoms with Crippen LogP contribution in [0, 0.1) is 5.92 Å². The molecule has 2 aliphatic carbocycles. The molecule has 0 unspecified atom stereocenters. The van der Waals surface area contributed by atoms with E-state index in [0.29, 0.717) is 5.92 Å². The van der Waals surface area contributed by atoms with Crippen LogP contribution in [0.4, 0.5) is 0 Å². The van der Waals surface area contributed by atoms with Crippen LogP contribution in [0.2, 0.25) is 0 Å². The lowest BCUT2D eigenvalue weighted by Crippen LogP contribution is -2.41. The first kappa shape index (κ1) is 16.7. The highest BCUT2D eigenvalue weighted by molar-refractivity contribution is 6.62. The number of rotatable bonds is 4. The van der Waals surface area contributed by atoms with E-state index in [2.05, 4.69) is 32.4 Å². The van der Waals surface area contributed by atoms with Crippen molar-refractivity contribution in [2.45, 2.75) is 96.3 Å². The van der Waals surface area contributed by atoms with Gasteiger partial charge < -0.3 is 9.31 Å². The number of hydrogen-bond donors (Lipinski definition) is 0. The van der Waals surface area contributed by atoms with Crippen molar-refractivity contribution in [3.05, 3.63) is 11.9 Å². The Hall–Kier alpha value is -0.805. The molecule has 0 N–H and O–H groups in total. The van der Waals surface area contributed by atoms with Crippen molar-refractivity contribution in [1.29, 1.82) is 0 Å². The second kappa shape index (κ2) is 5.88. The second-order valence-corrected chi connectivity index (χ2v) is 9.03. The van der Waals surface area contributed by atoms with Gasteiger partial charge in [0.15, 0.2) is 0 Å². The predicted molar refractivity (Wildman–Crippen MR) is 96.5 cm³/mol. The van der Waals surface area contributed by atoms with E-state index in [9.17, 15) is 0 Å². The van der Waals surface area contributed by atoms with Crippen molar-refractivity contribution in [3.8, 4) is 0 Å². The summed E-state index contributed by atoms with van der Waals surface area (Å²) in [6.07, 6.45) is 11.5. The molecule has 3 aliphatic rings. The molecule has 1 saturated heterocycles. The third-order valence-electron chi connectivity index (χ3n) is 6.54. The van der Waals surface area contributed by atoms with Crippen LogP contribution in [0.3, 0.4) is 0 Å². The molecule has 3 fully saturated rings. The minimum atomic E-state index is -0.288. The lowest BCUT2D eigenvalue weighted by Gasteiger charge is -2.32. The smallest absolute Gasteiger partial charge is 0.399 e. The Morgan fingerprint density at radius 3 is 2.25 bits per heavy atom. The number of hydrogen-bond acceptors (Lipinski definition) is 3. The maximum atomic E-state index is 6.30. The van der Waals surface area contributed by atoms with Crippen LogP contribution >= 0.6 is 0 Å². The Morgan fingerprint density at radius 2 is 1.67 bits per heavy atom. The fraction of sp³-hybridized carbons (Fsp3) is 0.842. The Balaban J connectivity index is 1.58. The first-order chi connectivity index (χ1) is 11.4. The molecule has 1 aromatic heterocycles. The standard InChI is InChI=1S/C19H31BN2O2/c1-18(2)19(3,4)24-20(23-18)16-12-21-22(17(16)15-10-11-15)13-14-8-6-5-7-9-14/h12,14-15H,5-11,13H2,1-4H3. The lowest BCUT2D eigenvalue weighted by atomic mass is 9.78. The van der Waals surface area contributed by atoms with Gasteiger partial charge >= 0.3 is 7.12 Å². The van der Waals surface area contributed by atoms with Crippen LogP contribution < -0.4 is 5.46 Å². The van der Waals surface area contributed by atoms with Crippen LogP contribution in [-0.4, -0.2) is 28.1 Å². The molecule has 1 aromatic rings. The third-order valence-corrected chi connectivity index (χ3v) is 6.54. The van der Waals surface area contributed by atoms with Gasteiger partial charge in [0.25, 0.3) is 0 Å². The summed E-state index contributed by atoms with van der Waals surface area (Å²) >= 11 is 0. The Morgan fingerprint density at radius 1 is 1.04 bits per heavy atom. The number of nitrogens with zero attached hydrogens (tertiary/aromatic N) is 2. The van der Waals surface area contributed by atoms with Gasteiger partial charge in [-0.25, -0.2) is 0 Å². The van der Waals surface area contributed by atoms with E-state index in [1.54, 1.807) is 0 Å². The van der Waals surface area contributed by atoms with Gasteiger partial charge in [-0.05, 0) is 59.3 Å². The van der Waals surface area contributed by atoms with Crippen molar-refractivity contribution in [2.75, 3.05) is 0 Å². The van der Waals surface area contributed by atoms with E-state index < -0.39 is 0 Å². The summed E-state index contributed by atoms with van der Waals surface area (Å²) in [4.78, 5) is 0. The highest BCUT2D eigenvalue weighted by Gasteiger charge is 2.53. The summed E-state index contributed by atoms with van der Waals surface area (Å²) in [7, 11) is -0.272. The maximum absolute atomic E-state index is 6.30. The van der Waals surface area contributed by atoms with Gasteiger partial charge in [-0.1, -0.05) is 19.3 Å². The van der Waals surface area contributed by atoms with Crippen LogP contribution in [0.1, 0.15) is 84.3 Å². The third kappa shape index (κ3) is 2.94. The molecule has 24 heavy (non-hydrogen) atoms. The molecule has 4 nitrogen and oxygen atoms in total. The van der Waals surface area contributed by atoms with Crippen LogP contribution in [0.15, 0.2) is 6.20 Å². The van der Waals surface area contributed by atoms with Crippen molar-refractivity contribution in [2.24, 2.45) is 5.92 Å². The molecule has 2 heterocycles. The molecule has 5 heteroatoms. The Bertz CT molecular complexity index is 585. The number of aromatic nitrogens is 2. The topological polar surface area (TPSA) is 36.3 Å². The summed E-state index contributed by atoms with van der Waals surface area (Å²) in [6, 6.07) is 0. The molecule has 1 aliphatic heterocycles. The largest absolute Gasteiger partial charge is 0.498 e. The molecule has 132 valence electrons. The van der Waals surface area contributed by atoms with Crippen molar-refractivity contribution < 1.29 is 9.31 Å². The molecular formula is C19H31BN2O2. The van der Waals surface area contributed by atoms with Crippen molar-refractivity contribution in [1.82, 2.24) is 9.78 Å². The van der Waals surface area contributed by atoms with E-state index in [4.69, 9.17) is 14.4 Å². The summed E-state index contributed by atoms with van der Waals surface area (Å²) in [5.41, 5.74) is 1.99. The van der Waals surface area contributed by atoms with E-state index in [-0.39, 0.29) is 18.3 Å². The molecular weight excluding hydrogens is 299 g/mol. The highest BCUT2D eigenvalue weighted by atomic mass is 16.7. The van der Waals surface area contributed by atoms with E-state index in [0.717, 1.165) is 12.5 Å². The SMILES string of the molecule is CC1(C)OB(c2cnn(CC3CCCCC3)c2C2CC2)OC1(C)C. The van der Waals surface area contributed by atoms with Gasteiger partial charge in [0, 0.05) is 29.8 Å². The second-order valence-electron chi connectivity index (χ2n) is 9.03. The van der Waals surface area contributed by atoms with Gasteiger partial charge in [-0.15, -0.1) is 0 Å². The zero-order valence-electron chi connectivity index (χ0n) is 15.7. The van der Waals surface area contributed by atoms with Gasteiger partial charge in [-0.2, -0.15) is 5.10 Å². The normalized spacial score (nSPS) is 26.9. The molecule has 0 spiro atoms. The molecule has 0 aromatic carbocycles.